The first-order chi connectivity index (χ1) is 17.6. The Morgan fingerprint density at radius 3 is 2.57 bits per heavy atom. The fraction of sp³-hybridized carbons (Fsp3) is 0.536. The summed E-state index contributed by atoms with van der Waals surface area (Å²) in [4.78, 5) is 12.1. The summed E-state index contributed by atoms with van der Waals surface area (Å²) in [5.41, 5.74) is 1.65. The van der Waals surface area contributed by atoms with Gasteiger partial charge in [-0.3, -0.25) is 4.79 Å². The molecule has 0 bridgehead atoms. The van der Waals surface area contributed by atoms with Gasteiger partial charge in [-0.1, -0.05) is 38.8 Å². The Morgan fingerprint density at radius 1 is 1.11 bits per heavy atom. The van der Waals surface area contributed by atoms with Gasteiger partial charge in [0.1, 0.15) is 11.6 Å². The van der Waals surface area contributed by atoms with Crippen LogP contribution in [0.2, 0.25) is 0 Å². The van der Waals surface area contributed by atoms with Crippen molar-refractivity contribution in [1.82, 2.24) is 14.9 Å². The van der Waals surface area contributed by atoms with Crippen molar-refractivity contribution in [3.05, 3.63) is 59.4 Å². The second-order valence-corrected chi connectivity index (χ2v) is 11.2. The van der Waals surface area contributed by atoms with E-state index in [1.807, 2.05) is 26.0 Å². The smallest absolute Gasteiger partial charge is 0.243 e. The maximum atomic E-state index is 14.2. The van der Waals surface area contributed by atoms with E-state index >= 15 is 0 Å². The Kier molecular flexibility index (Phi) is 13.0. The number of carbonyl (C=O) groups is 1. The van der Waals surface area contributed by atoms with E-state index in [1.165, 1.54) is 23.4 Å². The Labute approximate surface area is 221 Å². The van der Waals surface area contributed by atoms with Gasteiger partial charge in [0.25, 0.3) is 0 Å². The molecule has 1 amide bonds. The van der Waals surface area contributed by atoms with Crippen molar-refractivity contribution >= 4 is 15.9 Å². The van der Waals surface area contributed by atoms with Crippen molar-refractivity contribution in [2.24, 2.45) is 0 Å². The molecule has 7 nitrogen and oxygen atoms in total. The number of hydrogen-bond acceptors (Lipinski definition) is 5. The molecule has 2 aromatic rings. The van der Waals surface area contributed by atoms with Crippen LogP contribution < -0.4 is 15.4 Å². The number of amides is 1. The Morgan fingerprint density at radius 2 is 1.89 bits per heavy atom. The fourth-order valence-corrected chi connectivity index (χ4v) is 5.69. The third-order valence-corrected chi connectivity index (χ3v) is 8.00. The highest BCUT2D eigenvalue weighted by molar-refractivity contribution is 7.89. The zero-order chi connectivity index (χ0) is 27.3. The number of hydrogen-bond donors (Lipinski definition) is 2. The van der Waals surface area contributed by atoms with Crippen LogP contribution in [-0.4, -0.2) is 57.5 Å². The predicted molar refractivity (Wildman–Crippen MR) is 146 cm³/mol. The van der Waals surface area contributed by atoms with Crippen molar-refractivity contribution in [2.75, 3.05) is 32.8 Å². The van der Waals surface area contributed by atoms with Crippen molar-refractivity contribution in [2.45, 2.75) is 70.7 Å². The van der Waals surface area contributed by atoms with Crippen LogP contribution in [0.15, 0.2) is 47.4 Å². The van der Waals surface area contributed by atoms with Gasteiger partial charge >= 0.3 is 0 Å². The normalized spacial score (nSPS) is 12.5. The van der Waals surface area contributed by atoms with Gasteiger partial charge in [0.05, 0.1) is 11.5 Å². The van der Waals surface area contributed by atoms with Crippen LogP contribution in [0.3, 0.4) is 0 Å². The SMILES string of the molecule is CCCCCOc1cc(F)cc(C[C@@H](CCNCCN(CC)S(=O)(=O)c2cccc(C)c2)NC(C)=O)c1. The Hall–Kier alpha value is -2.49. The molecule has 37 heavy (non-hydrogen) atoms. The molecular weight excluding hydrogens is 493 g/mol. The third kappa shape index (κ3) is 10.8. The Balaban J connectivity index is 1.90. The van der Waals surface area contributed by atoms with Gasteiger partial charge in [0, 0.05) is 38.7 Å². The molecule has 0 fully saturated rings. The summed E-state index contributed by atoms with van der Waals surface area (Å²) < 4.78 is 47.3. The maximum absolute atomic E-state index is 14.2. The molecule has 0 radical (unpaired) electrons. The lowest BCUT2D eigenvalue weighted by Crippen LogP contribution is -2.40. The number of ether oxygens (including phenoxy) is 1. The van der Waals surface area contributed by atoms with Gasteiger partial charge in [-0.05, 0) is 68.1 Å². The highest BCUT2D eigenvalue weighted by atomic mass is 32.2. The second kappa shape index (κ2) is 15.7. The zero-order valence-corrected chi connectivity index (χ0v) is 23.4. The molecule has 0 spiro atoms. The van der Waals surface area contributed by atoms with E-state index in [9.17, 15) is 17.6 Å². The molecule has 0 aromatic heterocycles. The number of halogens is 1. The summed E-state index contributed by atoms with van der Waals surface area (Å²) >= 11 is 0. The minimum Gasteiger partial charge on any atom is -0.493 e. The van der Waals surface area contributed by atoms with Gasteiger partial charge in [-0.25, -0.2) is 12.8 Å². The van der Waals surface area contributed by atoms with E-state index < -0.39 is 10.0 Å². The number of rotatable bonds is 17. The minimum atomic E-state index is -3.56. The maximum Gasteiger partial charge on any atom is 0.243 e. The van der Waals surface area contributed by atoms with Crippen LogP contribution >= 0.6 is 0 Å². The van der Waals surface area contributed by atoms with Crippen molar-refractivity contribution in [1.29, 1.82) is 0 Å². The van der Waals surface area contributed by atoms with Gasteiger partial charge < -0.3 is 15.4 Å². The summed E-state index contributed by atoms with van der Waals surface area (Å²) in [6.45, 7) is 9.56. The molecule has 0 unspecified atom stereocenters. The zero-order valence-electron chi connectivity index (χ0n) is 22.6. The molecular formula is C28H42FN3O4S. The first-order valence-electron chi connectivity index (χ1n) is 13.1. The monoisotopic (exact) mass is 535 g/mol. The van der Waals surface area contributed by atoms with Gasteiger partial charge in [-0.15, -0.1) is 0 Å². The van der Waals surface area contributed by atoms with E-state index in [-0.39, 0.29) is 17.8 Å². The van der Waals surface area contributed by atoms with Crippen LogP contribution in [0, 0.1) is 12.7 Å². The third-order valence-electron chi connectivity index (χ3n) is 6.02. The van der Waals surface area contributed by atoms with Crippen molar-refractivity contribution in [3.8, 4) is 5.75 Å². The molecule has 0 aliphatic rings. The van der Waals surface area contributed by atoms with E-state index in [2.05, 4.69) is 17.6 Å². The minimum absolute atomic E-state index is 0.154. The standard InChI is InChI=1S/C28H42FN3O4S/c1-5-7-8-16-36-27-20-24(18-25(29)21-27)19-26(31-23(4)33)12-13-30-14-15-32(6-2)37(34,35)28-11-9-10-22(3)17-28/h9-11,17-18,20-21,26,30H,5-8,12-16,19H2,1-4H3,(H,31,33)/t26-/m1/s1. The number of sulfonamides is 1. The summed E-state index contributed by atoms with van der Waals surface area (Å²) in [5, 5.41) is 6.22. The van der Waals surface area contributed by atoms with E-state index in [4.69, 9.17) is 4.74 Å². The van der Waals surface area contributed by atoms with Gasteiger partial charge in [-0.2, -0.15) is 4.31 Å². The molecule has 0 heterocycles. The molecule has 0 aliphatic carbocycles. The number of aryl methyl sites for hydroxylation is 1. The summed E-state index contributed by atoms with van der Waals surface area (Å²) in [5.74, 6) is -0.0173. The largest absolute Gasteiger partial charge is 0.493 e. The average Bonchev–Trinajstić information content (AvgIpc) is 2.83. The van der Waals surface area contributed by atoms with E-state index in [1.54, 1.807) is 18.2 Å². The number of benzene rings is 2. The lowest BCUT2D eigenvalue weighted by Gasteiger charge is -2.22. The van der Waals surface area contributed by atoms with Crippen LogP contribution in [-0.2, 0) is 21.2 Å². The molecule has 0 aliphatic heterocycles. The van der Waals surface area contributed by atoms with Crippen LogP contribution in [0.5, 0.6) is 5.75 Å². The Bertz CT molecular complexity index is 1090. The summed E-state index contributed by atoms with van der Waals surface area (Å²) in [6.07, 6.45) is 4.15. The number of likely N-dealkylation sites (N-methyl/N-ethyl adjacent to an activating group) is 1. The summed E-state index contributed by atoms with van der Waals surface area (Å²) in [6, 6.07) is 11.4. The molecule has 9 heteroatoms. The first kappa shape index (κ1) is 30.7. The number of nitrogens with zero attached hydrogens (tertiary/aromatic N) is 1. The molecule has 1 atom stereocenters. The molecule has 206 valence electrons. The average molecular weight is 536 g/mol. The lowest BCUT2D eigenvalue weighted by molar-refractivity contribution is -0.119. The number of nitrogens with one attached hydrogen (secondary N) is 2. The topological polar surface area (TPSA) is 87.7 Å². The fourth-order valence-electron chi connectivity index (χ4n) is 4.14. The summed E-state index contributed by atoms with van der Waals surface area (Å²) in [7, 11) is -3.56. The van der Waals surface area contributed by atoms with Crippen LogP contribution in [0.25, 0.3) is 0 Å². The van der Waals surface area contributed by atoms with Crippen molar-refractivity contribution in [3.63, 3.8) is 0 Å². The van der Waals surface area contributed by atoms with Crippen LogP contribution in [0.4, 0.5) is 4.39 Å². The van der Waals surface area contributed by atoms with Gasteiger partial charge in [0.2, 0.25) is 15.9 Å². The van der Waals surface area contributed by atoms with Crippen molar-refractivity contribution < 1.29 is 22.3 Å². The van der Waals surface area contributed by atoms with E-state index in [0.29, 0.717) is 56.3 Å². The van der Waals surface area contributed by atoms with Crippen LogP contribution in [0.1, 0.15) is 57.6 Å². The molecule has 2 aromatic carbocycles. The quantitative estimate of drug-likeness (QED) is 0.293. The molecule has 2 rings (SSSR count). The lowest BCUT2D eigenvalue weighted by atomic mass is 10.0. The highest BCUT2D eigenvalue weighted by Crippen LogP contribution is 2.19. The number of carbonyl (C=O) groups excluding carboxylic acids is 1. The number of unbranched alkanes of at least 4 members (excludes halogenated alkanes) is 2. The van der Waals surface area contributed by atoms with E-state index in [0.717, 1.165) is 30.4 Å². The molecule has 0 saturated carbocycles. The highest BCUT2D eigenvalue weighted by Gasteiger charge is 2.22. The first-order valence-corrected chi connectivity index (χ1v) is 14.6. The predicted octanol–water partition coefficient (Wildman–Crippen LogP) is 4.44. The molecule has 0 saturated heterocycles. The molecule has 2 N–H and O–H groups in total. The second-order valence-electron chi connectivity index (χ2n) is 9.30. The van der Waals surface area contributed by atoms with Gasteiger partial charge in [0.15, 0.2) is 0 Å².